The molecule has 0 unspecified atom stereocenters. The van der Waals surface area contributed by atoms with E-state index in [0.717, 1.165) is 43.1 Å². The Labute approximate surface area is 150 Å². The molecule has 0 bridgehead atoms. The predicted molar refractivity (Wildman–Crippen MR) is 94.7 cm³/mol. The van der Waals surface area contributed by atoms with E-state index in [9.17, 15) is 9.59 Å². The molecule has 1 aliphatic heterocycles. The van der Waals surface area contributed by atoms with Gasteiger partial charge in [0.15, 0.2) is 0 Å². The van der Waals surface area contributed by atoms with Gasteiger partial charge in [-0.25, -0.2) is 4.79 Å². The minimum Gasteiger partial charge on any atom is -0.349 e. The first-order valence-electron chi connectivity index (χ1n) is 8.66. The van der Waals surface area contributed by atoms with Gasteiger partial charge in [-0.15, -0.1) is 0 Å². The third-order valence-electron chi connectivity index (χ3n) is 5.19. The first kappa shape index (κ1) is 15.9. The molecular formula is C18H22BrN3O2. The Hall–Kier alpha value is -1.56. The van der Waals surface area contributed by atoms with Gasteiger partial charge < -0.3 is 15.1 Å². The lowest BCUT2D eigenvalue weighted by Gasteiger charge is -2.22. The van der Waals surface area contributed by atoms with Gasteiger partial charge in [0.25, 0.3) is 0 Å². The second kappa shape index (κ2) is 6.06. The van der Waals surface area contributed by atoms with Gasteiger partial charge in [-0.3, -0.25) is 4.79 Å². The SMILES string of the molecule is O=C(CN1CCN(C2CC2)C1=O)NC1(Cc2ccccc2Br)CC1. The molecule has 6 heteroatoms. The van der Waals surface area contributed by atoms with Gasteiger partial charge in [-0.2, -0.15) is 0 Å². The van der Waals surface area contributed by atoms with Crippen molar-refractivity contribution < 1.29 is 9.59 Å². The summed E-state index contributed by atoms with van der Waals surface area (Å²) in [5, 5.41) is 3.18. The summed E-state index contributed by atoms with van der Waals surface area (Å²) in [4.78, 5) is 28.3. The highest BCUT2D eigenvalue weighted by atomic mass is 79.9. The number of urea groups is 1. The maximum absolute atomic E-state index is 12.4. The lowest BCUT2D eigenvalue weighted by atomic mass is 10.0. The molecule has 1 N–H and O–H groups in total. The van der Waals surface area contributed by atoms with Crippen LogP contribution in [0.2, 0.25) is 0 Å². The highest BCUT2D eigenvalue weighted by molar-refractivity contribution is 9.10. The van der Waals surface area contributed by atoms with Crippen LogP contribution in [-0.2, 0) is 11.2 Å². The molecule has 1 aromatic rings. The van der Waals surface area contributed by atoms with Crippen molar-refractivity contribution in [3.8, 4) is 0 Å². The van der Waals surface area contributed by atoms with E-state index in [4.69, 9.17) is 0 Å². The van der Waals surface area contributed by atoms with E-state index >= 15 is 0 Å². The molecule has 2 aliphatic carbocycles. The molecule has 4 rings (SSSR count). The van der Waals surface area contributed by atoms with Crippen LogP contribution < -0.4 is 5.32 Å². The monoisotopic (exact) mass is 391 g/mol. The quantitative estimate of drug-likeness (QED) is 0.809. The summed E-state index contributed by atoms with van der Waals surface area (Å²) in [5.74, 6) is -0.0365. The lowest BCUT2D eigenvalue weighted by molar-refractivity contribution is -0.122. The molecule has 3 fully saturated rings. The van der Waals surface area contributed by atoms with E-state index < -0.39 is 0 Å². The molecule has 2 saturated carbocycles. The van der Waals surface area contributed by atoms with Crippen LogP contribution in [0, 0.1) is 0 Å². The maximum Gasteiger partial charge on any atom is 0.320 e. The maximum atomic E-state index is 12.4. The third-order valence-corrected chi connectivity index (χ3v) is 5.97. The van der Waals surface area contributed by atoms with Crippen molar-refractivity contribution in [1.82, 2.24) is 15.1 Å². The summed E-state index contributed by atoms with van der Waals surface area (Å²) < 4.78 is 1.08. The Bertz CT molecular complexity index is 670. The molecule has 3 aliphatic rings. The van der Waals surface area contributed by atoms with Gasteiger partial charge >= 0.3 is 6.03 Å². The molecule has 128 valence electrons. The van der Waals surface area contributed by atoms with E-state index in [1.165, 1.54) is 5.56 Å². The number of hydrogen-bond donors (Lipinski definition) is 1. The van der Waals surface area contributed by atoms with Crippen molar-refractivity contribution in [2.75, 3.05) is 19.6 Å². The molecule has 0 atom stereocenters. The standard InChI is InChI=1S/C18H22BrN3O2/c19-15-4-2-1-3-13(15)11-18(7-8-18)20-16(23)12-21-9-10-22(17(21)24)14-5-6-14/h1-4,14H,5-12H2,(H,20,23). The lowest BCUT2D eigenvalue weighted by Crippen LogP contribution is -2.45. The van der Waals surface area contributed by atoms with Crippen LogP contribution in [0.15, 0.2) is 28.7 Å². The number of hydrogen-bond acceptors (Lipinski definition) is 2. The van der Waals surface area contributed by atoms with E-state index in [2.05, 4.69) is 27.3 Å². The largest absolute Gasteiger partial charge is 0.349 e. The number of rotatable bonds is 6. The van der Waals surface area contributed by atoms with Crippen LogP contribution in [0.25, 0.3) is 0 Å². The predicted octanol–water partition coefficient (Wildman–Crippen LogP) is 2.54. The van der Waals surface area contributed by atoms with E-state index in [-0.39, 0.29) is 24.0 Å². The average molecular weight is 392 g/mol. The van der Waals surface area contributed by atoms with Gasteiger partial charge in [0.1, 0.15) is 6.54 Å². The fourth-order valence-electron chi connectivity index (χ4n) is 3.48. The molecule has 1 heterocycles. The first-order valence-corrected chi connectivity index (χ1v) is 9.46. The molecule has 1 aromatic carbocycles. The Morgan fingerprint density at radius 1 is 1.25 bits per heavy atom. The zero-order valence-electron chi connectivity index (χ0n) is 13.6. The summed E-state index contributed by atoms with van der Waals surface area (Å²) in [5.41, 5.74) is 1.09. The number of halogens is 1. The van der Waals surface area contributed by atoms with Gasteiger partial charge in [-0.05, 0) is 43.7 Å². The topological polar surface area (TPSA) is 52.7 Å². The first-order chi connectivity index (χ1) is 11.6. The van der Waals surface area contributed by atoms with Crippen LogP contribution in [0.5, 0.6) is 0 Å². The van der Waals surface area contributed by atoms with Gasteiger partial charge in [0.05, 0.1) is 0 Å². The summed E-state index contributed by atoms with van der Waals surface area (Å²) >= 11 is 3.58. The Morgan fingerprint density at radius 2 is 2.00 bits per heavy atom. The van der Waals surface area contributed by atoms with Gasteiger partial charge in [0, 0.05) is 29.1 Å². The second-order valence-corrected chi connectivity index (χ2v) is 8.08. The normalized spacial score (nSPS) is 22.0. The van der Waals surface area contributed by atoms with Crippen molar-refractivity contribution in [1.29, 1.82) is 0 Å². The number of amides is 3. The van der Waals surface area contributed by atoms with Crippen LogP contribution in [-0.4, -0.2) is 53.0 Å². The van der Waals surface area contributed by atoms with E-state index in [1.54, 1.807) is 4.90 Å². The van der Waals surface area contributed by atoms with Crippen LogP contribution in [0.1, 0.15) is 31.2 Å². The fourth-order valence-corrected chi connectivity index (χ4v) is 3.91. The smallest absolute Gasteiger partial charge is 0.320 e. The van der Waals surface area contributed by atoms with Crippen LogP contribution >= 0.6 is 15.9 Å². The molecule has 3 amide bonds. The van der Waals surface area contributed by atoms with E-state index in [1.807, 2.05) is 23.1 Å². The number of nitrogens with zero attached hydrogens (tertiary/aromatic N) is 2. The van der Waals surface area contributed by atoms with Gasteiger partial charge in [-0.1, -0.05) is 34.1 Å². The number of carbonyl (C=O) groups excluding carboxylic acids is 2. The fraction of sp³-hybridized carbons (Fsp3) is 0.556. The molecule has 0 radical (unpaired) electrons. The molecule has 0 aromatic heterocycles. The second-order valence-electron chi connectivity index (χ2n) is 7.23. The van der Waals surface area contributed by atoms with Crippen molar-refractivity contribution in [2.24, 2.45) is 0 Å². The highest BCUT2D eigenvalue weighted by Crippen LogP contribution is 2.40. The zero-order valence-corrected chi connectivity index (χ0v) is 15.2. The highest BCUT2D eigenvalue weighted by Gasteiger charge is 2.45. The molecule has 1 saturated heterocycles. The Balaban J connectivity index is 1.33. The zero-order chi connectivity index (χ0) is 16.7. The van der Waals surface area contributed by atoms with Crippen molar-refractivity contribution in [2.45, 2.75) is 43.7 Å². The summed E-state index contributed by atoms with van der Waals surface area (Å²) in [6.45, 7) is 1.61. The van der Waals surface area contributed by atoms with Crippen LogP contribution in [0.4, 0.5) is 4.79 Å². The Morgan fingerprint density at radius 3 is 2.67 bits per heavy atom. The van der Waals surface area contributed by atoms with Gasteiger partial charge in [0.2, 0.25) is 5.91 Å². The molecular weight excluding hydrogens is 370 g/mol. The summed E-state index contributed by atoms with van der Waals surface area (Å²) in [7, 11) is 0. The number of benzene rings is 1. The minimum absolute atomic E-state index is 0.0308. The van der Waals surface area contributed by atoms with E-state index in [0.29, 0.717) is 12.6 Å². The molecule has 5 nitrogen and oxygen atoms in total. The van der Waals surface area contributed by atoms with Crippen molar-refractivity contribution in [3.05, 3.63) is 34.3 Å². The van der Waals surface area contributed by atoms with Crippen molar-refractivity contribution >= 4 is 27.9 Å². The molecule has 0 spiro atoms. The third kappa shape index (κ3) is 3.29. The number of nitrogens with one attached hydrogen (secondary N) is 1. The Kier molecular flexibility index (Phi) is 4.03. The summed E-state index contributed by atoms with van der Waals surface area (Å²) in [6, 6.07) is 8.60. The molecule has 24 heavy (non-hydrogen) atoms. The average Bonchev–Trinajstić information content (AvgIpc) is 3.46. The van der Waals surface area contributed by atoms with Crippen LogP contribution in [0.3, 0.4) is 0 Å². The minimum atomic E-state index is -0.125. The summed E-state index contributed by atoms with van der Waals surface area (Å²) in [6.07, 6.45) is 5.06. The number of carbonyl (C=O) groups is 2. The van der Waals surface area contributed by atoms with Crippen molar-refractivity contribution in [3.63, 3.8) is 0 Å².